The Bertz CT molecular complexity index is 1490. The largest absolute Gasteiger partial charge is 0.508 e. The predicted molar refractivity (Wildman–Crippen MR) is 147 cm³/mol. The van der Waals surface area contributed by atoms with Gasteiger partial charge in [-0.15, -0.1) is 5.10 Å². The average molecular weight is 526 g/mol. The van der Waals surface area contributed by atoms with Crippen molar-refractivity contribution >= 4 is 34.3 Å². The Kier molecular flexibility index (Phi) is 7.67. The van der Waals surface area contributed by atoms with Gasteiger partial charge in [0.1, 0.15) is 23.9 Å². The van der Waals surface area contributed by atoms with E-state index in [1.54, 1.807) is 36.4 Å². The van der Waals surface area contributed by atoms with Crippen LogP contribution in [0.2, 0.25) is 0 Å². The Morgan fingerprint density at radius 1 is 1.00 bits per heavy atom. The van der Waals surface area contributed by atoms with Gasteiger partial charge in [0.25, 0.3) is 0 Å². The van der Waals surface area contributed by atoms with Gasteiger partial charge in [-0.1, -0.05) is 60.9 Å². The average Bonchev–Trinajstić information content (AvgIpc) is 3.35. The maximum absolute atomic E-state index is 14.1. The number of aromatic nitrogens is 3. The SMILES string of the molecule is CC(=O)c1cccc(N(C(=O)Cn2nnc3ccccc32)[C@H](C(=O)NC2CCCCC2)c2ccc(O)cc2)c1. The lowest BCUT2D eigenvalue weighted by Crippen LogP contribution is -2.48. The van der Waals surface area contributed by atoms with Crippen LogP contribution in [0, 0.1) is 0 Å². The summed E-state index contributed by atoms with van der Waals surface area (Å²) in [5, 5.41) is 21.4. The van der Waals surface area contributed by atoms with Gasteiger partial charge in [-0.3, -0.25) is 19.3 Å². The number of aromatic hydroxyl groups is 1. The molecule has 1 fully saturated rings. The molecule has 2 N–H and O–H groups in total. The summed E-state index contributed by atoms with van der Waals surface area (Å²) in [6.07, 6.45) is 4.98. The third-order valence-corrected chi connectivity index (χ3v) is 7.17. The number of Topliss-reactive ketones (excluding diaryl/α,β-unsaturated/α-hetero) is 1. The summed E-state index contributed by atoms with van der Waals surface area (Å²) in [6, 6.07) is 19.3. The van der Waals surface area contributed by atoms with Crippen molar-refractivity contribution < 1.29 is 19.5 Å². The number of phenolic OH excluding ortho intramolecular Hbond substituents is 1. The van der Waals surface area contributed by atoms with Gasteiger partial charge >= 0.3 is 0 Å². The van der Waals surface area contributed by atoms with Crippen molar-refractivity contribution in [1.29, 1.82) is 0 Å². The van der Waals surface area contributed by atoms with Crippen LogP contribution >= 0.6 is 0 Å². The fourth-order valence-electron chi connectivity index (χ4n) is 5.15. The number of nitrogens with one attached hydrogen (secondary N) is 1. The molecular weight excluding hydrogens is 494 g/mol. The second-order valence-electron chi connectivity index (χ2n) is 9.94. The van der Waals surface area contributed by atoms with Gasteiger partial charge in [0.15, 0.2) is 5.78 Å². The van der Waals surface area contributed by atoms with Crippen LogP contribution in [0.4, 0.5) is 5.69 Å². The van der Waals surface area contributed by atoms with E-state index in [0.717, 1.165) is 32.1 Å². The first kappa shape index (κ1) is 26.1. The summed E-state index contributed by atoms with van der Waals surface area (Å²) < 4.78 is 1.51. The number of amides is 2. The molecule has 0 bridgehead atoms. The zero-order valence-corrected chi connectivity index (χ0v) is 21.8. The highest BCUT2D eigenvalue weighted by Crippen LogP contribution is 2.31. The number of hydrogen-bond donors (Lipinski definition) is 2. The number of nitrogens with zero attached hydrogens (tertiary/aromatic N) is 4. The molecule has 9 heteroatoms. The number of benzene rings is 3. The Morgan fingerprint density at radius 2 is 1.74 bits per heavy atom. The van der Waals surface area contributed by atoms with E-state index < -0.39 is 11.9 Å². The van der Waals surface area contributed by atoms with E-state index in [-0.39, 0.29) is 30.0 Å². The van der Waals surface area contributed by atoms with E-state index in [1.165, 1.54) is 28.6 Å². The molecule has 2 amide bonds. The summed E-state index contributed by atoms with van der Waals surface area (Å²) in [7, 11) is 0. The second kappa shape index (κ2) is 11.5. The summed E-state index contributed by atoms with van der Waals surface area (Å²) in [5.41, 5.74) is 2.71. The second-order valence-corrected chi connectivity index (χ2v) is 9.94. The minimum absolute atomic E-state index is 0.0191. The van der Waals surface area contributed by atoms with E-state index in [2.05, 4.69) is 15.6 Å². The maximum Gasteiger partial charge on any atom is 0.249 e. The first-order chi connectivity index (χ1) is 18.9. The molecule has 1 aliphatic rings. The topological polar surface area (TPSA) is 117 Å². The van der Waals surface area contributed by atoms with Crippen molar-refractivity contribution in [2.24, 2.45) is 0 Å². The van der Waals surface area contributed by atoms with Gasteiger partial charge in [0.05, 0.1) is 5.52 Å². The molecule has 0 spiro atoms. The number of anilines is 1. The highest BCUT2D eigenvalue weighted by Gasteiger charge is 2.34. The molecule has 0 aliphatic heterocycles. The van der Waals surface area contributed by atoms with Gasteiger partial charge in [-0.05, 0) is 61.7 Å². The number of carbonyl (C=O) groups is 3. The summed E-state index contributed by atoms with van der Waals surface area (Å²) in [5.74, 6) is -0.823. The number of fused-ring (bicyclic) bond motifs is 1. The standard InChI is InChI=1S/C30H31N5O4/c1-20(36)22-8-7-11-24(18-22)35(28(38)19-34-27-13-6-5-12-26(27)32-33-34)29(21-14-16-25(37)17-15-21)30(39)31-23-9-3-2-4-10-23/h5-8,11-18,23,29,37H,2-4,9-10,19H2,1H3,(H,31,39)/t29-/m0/s1. The lowest BCUT2D eigenvalue weighted by atomic mass is 9.94. The van der Waals surface area contributed by atoms with Gasteiger partial charge < -0.3 is 10.4 Å². The molecule has 1 atom stereocenters. The van der Waals surface area contributed by atoms with Crippen LogP contribution in [0.5, 0.6) is 5.75 Å². The van der Waals surface area contributed by atoms with Crippen molar-refractivity contribution in [3.63, 3.8) is 0 Å². The van der Waals surface area contributed by atoms with Gasteiger partial charge in [-0.25, -0.2) is 4.68 Å². The molecule has 3 aromatic carbocycles. The minimum Gasteiger partial charge on any atom is -0.508 e. The predicted octanol–water partition coefficient (Wildman–Crippen LogP) is 4.56. The van der Waals surface area contributed by atoms with Gasteiger partial charge in [-0.2, -0.15) is 0 Å². The van der Waals surface area contributed by atoms with Crippen LogP contribution in [-0.2, 0) is 16.1 Å². The Hall–Kier alpha value is -4.53. The quantitative estimate of drug-likeness (QED) is 0.326. The highest BCUT2D eigenvalue weighted by molar-refractivity contribution is 6.03. The maximum atomic E-state index is 14.1. The van der Waals surface area contributed by atoms with E-state index >= 15 is 0 Å². The molecule has 0 radical (unpaired) electrons. The lowest BCUT2D eigenvalue weighted by Gasteiger charge is -2.33. The van der Waals surface area contributed by atoms with Crippen molar-refractivity contribution in [3.8, 4) is 5.75 Å². The molecule has 39 heavy (non-hydrogen) atoms. The summed E-state index contributed by atoms with van der Waals surface area (Å²) >= 11 is 0. The van der Waals surface area contributed by atoms with E-state index in [0.29, 0.717) is 27.8 Å². The zero-order chi connectivity index (χ0) is 27.4. The van der Waals surface area contributed by atoms with Crippen LogP contribution < -0.4 is 10.2 Å². The van der Waals surface area contributed by atoms with Gasteiger partial charge in [0, 0.05) is 17.3 Å². The fraction of sp³-hybridized carbons (Fsp3) is 0.300. The van der Waals surface area contributed by atoms with Crippen LogP contribution in [0.1, 0.15) is 61.0 Å². The molecule has 1 saturated carbocycles. The Balaban J connectivity index is 1.59. The first-order valence-corrected chi connectivity index (χ1v) is 13.2. The first-order valence-electron chi connectivity index (χ1n) is 13.2. The Morgan fingerprint density at radius 3 is 2.49 bits per heavy atom. The molecule has 1 heterocycles. The number of para-hydroxylation sites is 1. The molecule has 4 aromatic rings. The van der Waals surface area contributed by atoms with E-state index in [4.69, 9.17) is 0 Å². The molecule has 9 nitrogen and oxygen atoms in total. The molecule has 0 unspecified atom stereocenters. The number of rotatable bonds is 8. The molecule has 1 aromatic heterocycles. The van der Waals surface area contributed by atoms with Crippen molar-refractivity contribution in [1.82, 2.24) is 20.3 Å². The smallest absolute Gasteiger partial charge is 0.249 e. The fourth-order valence-corrected chi connectivity index (χ4v) is 5.15. The monoisotopic (exact) mass is 525 g/mol. The van der Waals surface area contributed by atoms with Crippen LogP contribution in [0.15, 0.2) is 72.8 Å². The molecule has 0 saturated heterocycles. The number of carbonyl (C=O) groups excluding carboxylic acids is 3. The van der Waals surface area contributed by atoms with Crippen LogP contribution in [0.3, 0.4) is 0 Å². The third-order valence-electron chi connectivity index (χ3n) is 7.17. The molecule has 200 valence electrons. The number of hydrogen-bond acceptors (Lipinski definition) is 6. The highest BCUT2D eigenvalue weighted by atomic mass is 16.3. The van der Waals surface area contributed by atoms with Crippen molar-refractivity contribution in [2.75, 3.05) is 4.90 Å². The lowest BCUT2D eigenvalue weighted by molar-refractivity contribution is -0.127. The minimum atomic E-state index is -1.04. The normalized spacial score (nSPS) is 14.6. The van der Waals surface area contributed by atoms with Gasteiger partial charge in [0.2, 0.25) is 11.8 Å². The van der Waals surface area contributed by atoms with Crippen molar-refractivity contribution in [2.45, 2.75) is 57.7 Å². The molecular formula is C30H31N5O4. The zero-order valence-electron chi connectivity index (χ0n) is 21.8. The third kappa shape index (κ3) is 5.82. The summed E-state index contributed by atoms with van der Waals surface area (Å²) in [6.45, 7) is 1.29. The van der Waals surface area contributed by atoms with Crippen LogP contribution in [-0.4, -0.2) is 43.7 Å². The Labute approximate surface area is 226 Å². The van der Waals surface area contributed by atoms with E-state index in [1.807, 2.05) is 24.3 Å². The molecule has 1 aliphatic carbocycles. The summed E-state index contributed by atoms with van der Waals surface area (Å²) in [4.78, 5) is 41.8. The number of ketones is 1. The molecule has 5 rings (SSSR count). The number of phenols is 1. The van der Waals surface area contributed by atoms with Crippen molar-refractivity contribution in [3.05, 3.63) is 83.9 Å². The van der Waals surface area contributed by atoms with E-state index in [9.17, 15) is 19.5 Å². The van der Waals surface area contributed by atoms with Crippen LogP contribution in [0.25, 0.3) is 11.0 Å².